The fraction of sp³-hybridized carbons (Fsp3) is 0.545. The molecule has 0 radical (unpaired) electrons. The van der Waals surface area contributed by atoms with E-state index in [1.165, 1.54) is 12.1 Å². The summed E-state index contributed by atoms with van der Waals surface area (Å²) in [6.45, 7) is 0.779. The molecular weight excluding hydrogens is 244 g/mol. The number of hydrogen-bond acceptors (Lipinski definition) is 4. The Hall–Kier alpha value is -1.14. The van der Waals surface area contributed by atoms with Gasteiger partial charge in [0, 0.05) is 12.4 Å². The van der Waals surface area contributed by atoms with Gasteiger partial charge in [0.2, 0.25) is 5.76 Å². The van der Waals surface area contributed by atoms with Gasteiger partial charge in [-0.25, -0.2) is 4.79 Å². The summed E-state index contributed by atoms with van der Waals surface area (Å²) in [5, 5.41) is 8.89. The lowest BCUT2D eigenvalue weighted by Gasteiger charge is -2.07. The van der Waals surface area contributed by atoms with Crippen molar-refractivity contribution < 1.29 is 23.3 Å². The minimum absolute atomic E-state index is 0.175. The molecule has 17 heavy (non-hydrogen) atoms. The number of furan rings is 1. The molecule has 5 nitrogen and oxygen atoms in total. The Kier molecular flexibility index (Phi) is 3.96. The zero-order valence-corrected chi connectivity index (χ0v) is 10.1. The van der Waals surface area contributed by atoms with E-state index >= 15 is 0 Å². The van der Waals surface area contributed by atoms with E-state index in [0.29, 0.717) is 5.75 Å². The average Bonchev–Trinajstić information content (AvgIpc) is 2.96. The van der Waals surface area contributed by atoms with E-state index in [1.807, 2.05) is 0 Å². The maximum Gasteiger partial charge on any atom is 0.371 e. The fourth-order valence-electron chi connectivity index (χ4n) is 1.77. The molecule has 0 amide bonds. The monoisotopic (exact) mass is 258 g/mol. The van der Waals surface area contributed by atoms with Gasteiger partial charge in [-0.1, -0.05) is 0 Å². The van der Waals surface area contributed by atoms with Crippen LogP contribution in [0.5, 0.6) is 0 Å². The van der Waals surface area contributed by atoms with Crippen LogP contribution in [0.4, 0.5) is 0 Å². The summed E-state index contributed by atoms with van der Waals surface area (Å²) in [4.78, 5) is 10.6. The minimum atomic E-state index is -1.29. The first-order chi connectivity index (χ1) is 8.16. The maximum atomic E-state index is 11.8. The van der Waals surface area contributed by atoms with E-state index in [0.717, 1.165) is 25.9 Å². The smallest absolute Gasteiger partial charge is 0.371 e. The molecule has 1 aromatic rings. The van der Waals surface area contributed by atoms with Crippen molar-refractivity contribution in [2.24, 2.45) is 0 Å². The molecule has 0 bridgehead atoms. The van der Waals surface area contributed by atoms with E-state index in [9.17, 15) is 9.00 Å². The Bertz CT molecular complexity index is 419. The normalized spacial score (nSPS) is 21.5. The van der Waals surface area contributed by atoms with Gasteiger partial charge in [-0.05, 0) is 31.4 Å². The van der Waals surface area contributed by atoms with Crippen molar-refractivity contribution in [1.29, 1.82) is 0 Å². The standard InChI is InChI=1S/C11H14O5S/c12-11(13)9-3-4-10(16-9)17(14)7-5-8-2-1-6-15-8/h3-4,8H,1-2,5-7H2,(H,12,13). The number of rotatable bonds is 5. The minimum Gasteiger partial charge on any atom is -0.475 e. The van der Waals surface area contributed by atoms with Gasteiger partial charge in [0.1, 0.15) is 0 Å². The van der Waals surface area contributed by atoms with Crippen molar-refractivity contribution in [3.63, 3.8) is 0 Å². The average molecular weight is 258 g/mol. The number of carboxylic acids is 1. The van der Waals surface area contributed by atoms with Gasteiger partial charge in [0.15, 0.2) is 5.09 Å². The van der Waals surface area contributed by atoms with E-state index in [2.05, 4.69) is 0 Å². The summed E-state index contributed by atoms with van der Waals surface area (Å²) in [6, 6.07) is 2.77. The van der Waals surface area contributed by atoms with Crippen LogP contribution in [0, 0.1) is 0 Å². The molecular formula is C11H14O5S. The van der Waals surface area contributed by atoms with Crippen LogP contribution in [0.2, 0.25) is 0 Å². The first kappa shape index (κ1) is 12.3. The molecule has 1 aliphatic heterocycles. The highest BCUT2D eigenvalue weighted by Crippen LogP contribution is 2.18. The van der Waals surface area contributed by atoms with Gasteiger partial charge in [0.05, 0.1) is 16.9 Å². The Morgan fingerprint density at radius 1 is 1.53 bits per heavy atom. The molecule has 2 atom stereocenters. The summed E-state index contributed by atoms with van der Waals surface area (Å²) in [5.41, 5.74) is 0. The Balaban J connectivity index is 1.87. The summed E-state index contributed by atoms with van der Waals surface area (Å²) in [6.07, 6.45) is 2.97. The lowest BCUT2D eigenvalue weighted by Crippen LogP contribution is -2.10. The zero-order chi connectivity index (χ0) is 12.3. The molecule has 1 saturated heterocycles. The molecule has 0 aromatic carbocycles. The molecule has 0 aliphatic carbocycles. The van der Waals surface area contributed by atoms with Crippen molar-refractivity contribution in [2.45, 2.75) is 30.5 Å². The Morgan fingerprint density at radius 3 is 2.94 bits per heavy atom. The molecule has 0 saturated carbocycles. The number of aromatic carboxylic acids is 1. The van der Waals surface area contributed by atoms with Gasteiger partial charge in [-0.3, -0.25) is 4.21 Å². The van der Waals surface area contributed by atoms with Crippen LogP contribution in [-0.4, -0.2) is 33.7 Å². The lowest BCUT2D eigenvalue weighted by atomic mass is 10.2. The quantitative estimate of drug-likeness (QED) is 0.869. The highest BCUT2D eigenvalue weighted by Gasteiger charge is 2.18. The first-order valence-electron chi connectivity index (χ1n) is 5.50. The topological polar surface area (TPSA) is 76.7 Å². The second kappa shape index (κ2) is 5.46. The third-order valence-corrected chi connectivity index (χ3v) is 3.94. The second-order valence-electron chi connectivity index (χ2n) is 3.90. The number of carbonyl (C=O) groups is 1. The van der Waals surface area contributed by atoms with Gasteiger partial charge >= 0.3 is 5.97 Å². The van der Waals surface area contributed by atoms with Crippen LogP contribution >= 0.6 is 0 Å². The number of hydrogen-bond donors (Lipinski definition) is 1. The SMILES string of the molecule is O=C(O)c1ccc(S(=O)CCC2CCCO2)o1. The number of carboxylic acid groups (broad SMARTS) is 1. The summed E-state index contributed by atoms with van der Waals surface area (Å²) in [7, 11) is -1.29. The molecule has 1 N–H and O–H groups in total. The van der Waals surface area contributed by atoms with Crippen LogP contribution in [0.15, 0.2) is 21.6 Å². The molecule has 2 unspecified atom stereocenters. The third-order valence-electron chi connectivity index (χ3n) is 2.67. The first-order valence-corrected chi connectivity index (χ1v) is 6.82. The van der Waals surface area contributed by atoms with E-state index < -0.39 is 16.8 Å². The van der Waals surface area contributed by atoms with Crippen LogP contribution in [0.1, 0.15) is 29.8 Å². The van der Waals surface area contributed by atoms with Gasteiger partial charge < -0.3 is 14.3 Å². The summed E-state index contributed by atoms with van der Waals surface area (Å²) < 4.78 is 22.2. The zero-order valence-electron chi connectivity index (χ0n) is 9.26. The van der Waals surface area contributed by atoms with Crippen molar-refractivity contribution in [1.82, 2.24) is 0 Å². The molecule has 1 aromatic heterocycles. The van der Waals surface area contributed by atoms with Crippen LogP contribution in [-0.2, 0) is 15.5 Å². The molecule has 2 rings (SSSR count). The predicted molar refractivity (Wildman–Crippen MR) is 60.5 cm³/mol. The van der Waals surface area contributed by atoms with Crippen molar-refractivity contribution in [3.8, 4) is 0 Å². The van der Waals surface area contributed by atoms with Crippen LogP contribution in [0.3, 0.4) is 0 Å². The maximum absolute atomic E-state index is 11.8. The largest absolute Gasteiger partial charge is 0.475 e. The van der Waals surface area contributed by atoms with Gasteiger partial charge in [0.25, 0.3) is 0 Å². The fourth-order valence-corrected chi connectivity index (χ4v) is 2.85. The van der Waals surface area contributed by atoms with Gasteiger partial charge in [-0.15, -0.1) is 0 Å². The molecule has 0 spiro atoms. The molecule has 94 valence electrons. The highest BCUT2D eigenvalue weighted by molar-refractivity contribution is 7.84. The van der Waals surface area contributed by atoms with E-state index in [4.69, 9.17) is 14.3 Å². The molecule has 2 heterocycles. The molecule has 1 fully saturated rings. The van der Waals surface area contributed by atoms with E-state index in [-0.39, 0.29) is 17.0 Å². The highest BCUT2D eigenvalue weighted by atomic mass is 32.2. The van der Waals surface area contributed by atoms with E-state index in [1.54, 1.807) is 0 Å². The molecule has 6 heteroatoms. The van der Waals surface area contributed by atoms with Crippen molar-refractivity contribution in [3.05, 3.63) is 17.9 Å². The predicted octanol–water partition coefficient (Wildman–Crippen LogP) is 1.65. The second-order valence-corrected chi connectivity index (χ2v) is 5.40. The van der Waals surface area contributed by atoms with Crippen LogP contribution < -0.4 is 0 Å². The summed E-state index contributed by atoms with van der Waals surface area (Å²) in [5.74, 6) is -0.880. The van der Waals surface area contributed by atoms with Crippen molar-refractivity contribution >= 4 is 16.8 Å². The third kappa shape index (κ3) is 3.17. The summed E-state index contributed by atoms with van der Waals surface area (Å²) >= 11 is 0. The van der Waals surface area contributed by atoms with Crippen molar-refractivity contribution in [2.75, 3.05) is 12.4 Å². The lowest BCUT2D eigenvalue weighted by molar-refractivity contribution is 0.0656. The Labute approximate surface area is 101 Å². The van der Waals surface area contributed by atoms with Gasteiger partial charge in [-0.2, -0.15) is 0 Å². The molecule has 1 aliphatic rings. The Morgan fingerprint density at radius 2 is 2.35 bits per heavy atom. The van der Waals surface area contributed by atoms with Crippen LogP contribution in [0.25, 0.3) is 0 Å². The number of ether oxygens (including phenoxy) is 1.